The van der Waals surface area contributed by atoms with Crippen LogP contribution in [0, 0.1) is 0 Å². The minimum absolute atomic E-state index is 1.04. The Hall–Kier alpha value is -3.85. The Bertz CT molecular complexity index is 1020. The van der Waals surface area contributed by atoms with E-state index >= 15 is 0 Å². The molecule has 0 saturated carbocycles. The summed E-state index contributed by atoms with van der Waals surface area (Å²) < 4.78 is 0. The Kier molecular flexibility index (Phi) is 5.68. The molecule has 0 bridgehead atoms. The Morgan fingerprint density at radius 3 is 1.55 bits per heavy atom. The van der Waals surface area contributed by atoms with Crippen molar-refractivity contribution in [1.29, 1.82) is 0 Å². The predicted octanol–water partition coefficient (Wildman–Crippen LogP) is 6.63. The van der Waals surface area contributed by atoms with E-state index in [1.165, 1.54) is 0 Å². The topological polar surface area (TPSA) is 18.8 Å². The van der Waals surface area contributed by atoms with Gasteiger partial charge in [-0.3, -0.25) is 5.01 Å². The van der Waals surface area contributed by atoms with Crippen LogP contribution in [0.15, 0.2) is 120 Å². The standard InChI is InChI=1S/C26H23N3/c1-28(23-14-5-2-6-15-23)27-21-22-13-11-12-20-26(22)29(24-16-7-3-8-17-24)25-18-9-4-10-19-25/h2-21H,1H3. The molecule has 4 rings (SSSR count). The molecule has 0 spiro atoms. The molecular weight excluding hydrogens is 354 g/mol. The van der Waals surface area contributed by atoms with Crippen LogP contribution in [0.25, 0.3) is 0 Å². The fourth-order valence-corrected chi connectivity index (χ4v) is 3.24. The SMILES string of the molecule is CN(N=Cc1ccccc1N(c1ccccc1)c1ccccc1)c1ccccc1. The van der Waals surface area contributed by atoms with Crippen molar-refractivity contribution in [2.24, 2.45) is 5.10 Å². The minimum atomic E-state index is 1.04. The molecule has 0 aliphatic heterocycles. The fourth-order valence-electron chi connectivity index (χ4n) is 3.24. The summed E-state index contributed by atoms with van der Waals surface area (Å²) in [6.07, 6.45) is 1.92. The fraction of sp³-hybridized carbons (Fsp3) is 0.0385. The molecule has 0 aromatic heterocycles. The number of anilines is 4. The molecule has 0 radical (unpaired) electrons. The van der Waals surface area contributed by atoms with Gasteiger partial charge in [0.1, 0.15) is 0 Å². The summed E-state index contributed by atoms with van der Waals surface area (Å²) in [5, 5.41) is 6.56. The van der Waals surface area contributed by atoms with Crippen molar-refractivity contribution in [3.63, 3.8) is 0 Å². The first-order valence-corrected chi connectivity index (χ1v) is 9.65. The highest BCUT2D eigenvalue weighted by Gasteiger charge is 2.14. The highest BCUT2D eigenvalue weighted by molar-refractivity contribution is 5.93. The molecule has 0 heterocycles. The van der Waals surface area contributed by atoms with Gasteiger partial charge in [-0.05, 0) is 42.5 Å². The largest absolute Gasteiger partial charge is 0.310 e. The summed E-state index contributed by atoms with van der Waals surface area (Å²) in [6, 6.07) is 39.3. The maximum absolute atomic E-state index is 4.68. The Morgan fingerprint density at radius 1 is 0.552 bits per heavy atom. The van der Waals surface area contributed by atoms with Crippen LogP contribution in [0.3, 0.4) is 0 Å². The molecule has 3 nitrogen and oxygen atoms in total. The first-order chi connectivity index (χ1) is 14.3. The lowest BCUT2D eigenvalue weighted by molar-refractivity contribution is 1.02. The summed E-state index contributed by atoms with van der Waals surface area (Å²) >= 11 is 0. The van der Waals surface area contributed by atoms with Crippen LogP contribution in [-0.4, -0.2) is 13.3 Å². The summed E-state index contributed by atoms with van der Waals surface area (Å²) in [5.74, 6) is 0. The van der Waals surface area contributed by atoms with Gasteiger partial charge in [0.15, 0.2) is 0 Å². The lowest BCUT2D eigenvalue weighted by Crippen LogP contribution is -2.13. The predicted molar refractivity (Wildman–Crippen MR) is 124 cm³/mol. The Labute approximate surface area is 172 Å². The molecule has 0 N–H and O–H groups in total. The average Bonchev–Trinajstić information content (AvgIpc) is 2.80. The monoisotopic (exact) mass is 377 g/mol. The molecule has 3 heteroatoms. The van der Waals surface area contributed by atoms with E-state index in [0.29, 0.717) is 0 Å². The highest BCUT2D eigenvalue weighted by Crippen LogP contribution is 2.35. The molecular formula is C26H23N3. The zero-order valence-corrected chi connectivity index (χ0v) is 16.4. The van der Waals surface area contributed by atoms with Crippen LogP contribution < -0.4 is 9.91 Å². The van der Waals surface area contributed by atoms with E-state index in [1.807, 2.05) is 66.8 Å². The molecule has 0 amide bonds. The molecule has 0 unspecified atom stereocenters. The Balaban J connectivity index is 1.74. The van der Waals surface area contributed by atoms with Gasteiger partial charge in [-0.1, -0.05) is 72.8 Å². The van der Waals surface area contributed by atoms with Crippen molar-refractivity contribution in [2.75, 3.05) is 17.0 Å². The van der Waals surface area contributed by atoms with E-state index in [9.17, 15) is 0 Å². The van der Waals surface area contributed by atoms with Crippen LogP contribution in [0.1, 0.15) is 5.56 Å². The smallest absolute Gasteiger partial charge is 0.0590 e. The van der Waals surface area contributed by atoms with Crippen molar-refractivity contribution in [1.82, 2.24) is 0 Å². The molecule has 0 saturated heterocycles. The van der Waals surface area contributed by atoms with Crippen molar-refractivity contribution < 1.29 is 0 Å². The van der Waals surface area contributed by atoms with Gasteiger partial charge in [-0.25, -0.2) is 0 Å². The summed E-state index contributed by atoms with van der Waals surface area (Å²) in [4.78, 5) is 2.25. The molecule has 0 fully saturated rings. The number of nitrogens with zero attached hydrogens (tertiary/aromatic N) is 3. The molecule has 29 heavy (non-hydrogen) atoms. The molecule has 4 aromatic carbocycles. The van der Waals surface area contributed by atoms with Crippen LogP contribution in [0.4, 0.5) is 22.7 Å². The Morgan fingerprint density at radius 2 is 1.00 bits per heavy atom. The number of para-hydroxylation sites is 4. The highest BCUT2D eigenvalue weighted by atomic mass is 15.4. The number of benzene rings is 4. The number of hydrogen-bond donors (Lipinski definition) is 0. The lowest BCUT2D eigenvalue weighted by Gasteiger charge is -2.27. The van der Waals surface area contributed by atoms with Crippen molar-refractivity contribution in [3.05, 3.63) is 121 Å². The van der Waals surface area contributed by atoms with Crippen LogP contribution >= 0.6 is 0 Å². The van der Waals surface area contributed by atoms with Gasteiger partial charge >= 0.3 is 0 Å². The van der Waals surface area contributed by atoms with E-state index in [0.717, 1.165) is 28.3 Å². The van der Waals surface area contributed by atoms with Crippen molar-refractivity contribution in [2.45, 2.75) is 0 Å². The van der Waals surface area contributed by atoms with Crippen LogP contribution in [-0.2, 0) is 0 Å². The van der Waals surface area contributed by atoms with Gasteiger partial charge in [0.25, 0.3) is 0 Å². The van der Waals surface area contributed by atoms with Gasteiger partial charge in [-0.15, -0.1) is 0 Å². The first kappa shape index (κ1) is 18.5. The third-order valence-electron chi connectivity index (χ3n) is 4.71. The second-order valence-electron chi connectivity index (χ2n) is 6.67. The molecule has 4 aromatic rings. The zero-order chi connectivity index (χ0) is 19.9. The normalized spacial score (nSPS) is 10.8. The number of hydrazone groups is 1. The second-order valence-corrected chi connectivity index (χ2v) is 6.67. The van der Waals surface area contributed by atoms with Crippen molar-refractivity contribution >= 4 is 29.0 Å². The van der Waals surface area contributed by atoms with Gasteiger partial charge in [0, 0.05) is 24.0 Å². The average molecular weight is 377 g/mol. The zero-order valence-electron chi connectivity index (χ0n) is 16.4. The number of hydrogen-bond acceptors (Lipinski definition) is 3. The van der Waals surface area contributed by atoms with E-state index in [4.69, 9.17) is 0 Å². The van der Waals surface area contributed by atoms with Gasteiger partial charge in [-0.2, -0.15) is 5.10 Å². The van der Waals surface area contributed by atoms with Gasteiger partial charge in [0.05, 0.1) is 17.6 Å². The van der Waals surface area contributed by atoms with Crippen LogP contribution in [0.2, 0.25) is 0 Å². The third-order valence-corrected chi connectivity index (χ3v) is 4.71. The van der Waals surface area contributed by atoms with E-state index in [1.54, 1.807) is 0 Å². The van der Waals surface area contributed by atoms with Crippen molar-refractivity contribution in [3.8, 4) is 0 Å². The molecule has 0 atom stereocenters. The summed E-state index contributed by atoms with van der Waals surface area (Å²) in [7, 11) is 1.96. The maximum Gasteiger partial charge on any atom is 0.0590 e. The lowest BCUT2D eigenvalue weighted by atomic mass is 10.1. The van der Waals surface area contributed by atoms with Gasteiger partial charge in [0.2, 0.25) is 0 Å². The van der Waals surface area contributed by atoms with E-state index < -0.39 is 0 Å². The molecule has 0 aliphatic rings. The molecule has 142 valence electrons. The van der Waals surface area contributed by atoms with Gasteiger partial charge < -0.3 is 4.90 Å². The number of rotatable bonds is 6. The minimum Gasteiger partial charge on any atom is -0.310 e. The summed E-state index contributed by atoms with van der Waals surface area (Å²) in [5.41, 5.74) is 5.38. The first-order valence-electron chi connectivity index (χ1n) is 9.65. The molecule has 0 aliphatic carbocycles. The third kappa shape index (κ3) is 4.36. The van der Waals surface area contributed by atoms with E-state index in [2.05, 4.69) is 76.7 Å². The van der Waals surface area contributed by atoms with E-state index in [-0.39, 0.29) is 0 Å². The second kappa shape index (κ2) is 8.89. The summed E-state index contributed by atoms with van der Waals surface area (Å²) in [6.45, 7) is 0. The quantitative estimate of drug-likeness (QED) is 0.277. The van der Waals surface area contributed by atoms with Crippen LogP contribution in [0.5, 0.6) is 0 Å². The maximum atomic E-state index is 4.68.